The maximum atomic E-state index is 14.0. The van der Waals surface area contributed by atoms with Gasteiger partial charge in [-0.2, -0.15) is 15.6 Å². The molecule has 0 saturated carbocycles. The molecule has 2 aromatic heterocycles. The maximum Gasteiger partial charge on any atom is 0.472 e. The quantitative estimate of drug-likeness (QED) is 0.0366. The number of nitrogens with two attached hydrogens (primary N) is 1. The summed E-state index contributed by atoms with van der Waals surface area (Å²) in [5.41, 5.74) is 5.13. The molecule has 0 bridgehead atoms. The Morgan fingerprint density at radius 1 is 0.932 bits per heavy atom. The molecule has 3 heterocycles. The van der Waals surface area contributed by atoms with Crippen molar-refractivity contribution in [2.75, 3.05) is 25.6 Å². The fourth-order valence-electron chi connectivity index (χ4n) is 7.56. The van der Waals surface area contributed by atoms with Gasteiger partial charge in [0.25, 0.3) is 0 Å². The van der Waals surface area contributed by atoms with Crippen LogP contribution in [0.25, 0.3) is 5.52 Å². The van der Waals surface area contributed by atoms with Gasteiger partial charge in [-0.3, -0.25) is 9.05 Å². The van der Waals surface area contributed by atoms with Crippen molar-refractivity contribution in [2.45, 2.75) is 165 Å². The van der Waals surface area contributed by atoms with E-state index in [2.05, 4.69) is 17.0 Å². The molecule has 1 aromatic carbocycles. The number of hydrogen-bond donors (Lipinski definition) is 4. The van der Waals surface area contributed by atoms with Crippen molar-refractivity contribution < 1.29 is 42.6 Å². The minimum Gasteiger partial charge on any atom is -0.387 e. The highest BCUT2D eigenvalue weighted by Gasteiger charge is 2.57. The number of rotatable bonds is 30. The number of phosphoric acid groups is 1. The van der Waals surface area contributed by atoms with E-state index in [1.54, 1.807) is 24.3 Å². The molecule has 0 amide bonds. The molecule has 59 heavy (non-hydrogen) atoms. The number of halogens is 1. The first-order valence-electron chi connectivity index (χ1n) is 21.5. The fourth-order valence-corrected chi connectivity index (χ4v) is 8.34. The van der Waals surface area contributed by atoms with Gasteiger partial charge in [-0.1, -0.05) is 122 Å². The number of fused-ring (bicyclic) bond motifs is 1. The van der Waals surface area contributed by atoms with Crippen molar-refractivity contribution >= 4 is 19.2 Å². The molecule has 1 fully saturated rings. The molecule has 1 aliphatic rings. The van der Waals surface area contributed by atoms with Gasteiger partial charge in [-0.15, -0.1) is 0 Å². The second kappa shape index (κ2) is 25.3. The van der Waals surface area contributed by atoms with Crippen molar-refractivity contribution in [3.63, 3.8) is 0 Å². The number of hydrogen-bond acceptors (Lipinski definition) is 12. The van der Waals surface area contributed by atoms with Crippen molar-refractivity contribution in [1.82, 2.24) is 14.6 Å². The lowest BCUT2D eigenvalue weighted by atomic mass is 9.96. The van der Waals surface area contributed by atoms with Gasteiger partial charge in [0.05, 0.1) is 36.6 Å². The number of anilines is 1. The topological polar surface area (TPSA) is 218 Å². The number of nitrogens with zero attached hydrogens (tertiary/aromatic N) is 5. The number of phosphoric ester groups is 1. The molecule has 3 aromatic rings. The molecule has 0 spiro atoms. The molecular weight excluding hydrogens is 778 g/mol. The fraction of sp³-hybridized carbons (Fsp3) is 0.674. The predicted molar refractivity (Wildman–Crippen MR) is 221 cm³/mol. The third kappa shape index (κ3) is 15.5. The molecule has 5 N–H and O–H groups in total. The van der Waals surface area contributed by atoms with Crippen LogP contribution in [0.15, 0.2) is 36.7 Å². The van der Waals surface area contributed by atoms with Crippen molar-refractivity contribution in [2.24, 2.45) is 0 Å². The molecule has 326 valence electrons. The van der Waals surface area contributed by atoms with Crippen LogP contribution in [0, 0.1) is 28.5 Å². The van der Waals surface area contributed by atoms with E-state index in [1.165, 1.54) is 107 Å². The van der Waals surface area contributed by atoms with Crippen LogP contribution in [0.4, 0.5) is 10.2 Å². The van der Waals surface area contributed by atoms with Crippen LogP contribution in [-0.2, 0) is 29.5 Å². The Bertz CT molecular complexity index is 1840. The first-order chi connectivity index (χ1) is 28.5. The van der Waals surface area contributed by atoms with Gasteiger partial charge in [0.15, 0.2) is 5.82 Å². The summed E-state index contributed by atoms with van der Waals surface area (Å²) in [5, 5.41) is 45.2. The molecule has 1 unspecified atom stereocenters. The van der Waals surface area contributed by atoms with Gasteiger partial charge in [0.1, 0.15) is 48.6 Å². The lowest BCUT2D eigenvalue weighted by Gasteiger charge is -2.26. The standard InChI is InChI=1S/C43H64FN6O8P/c1-2-3-4-5-6-7-8-9-10-11-12-13-14-15-16-17-18-19-20-36(55-24-23-33-25-34(28-45)27-35(44)26-33)29-56-59(53,54)57-31-43(30-46)41(52)39(51)40(58-43)37-21-22-38-42(47)48-32-49-50(37)38/h21-22,25-27,32,36,39-41,51-52H,2-20,23-24,29,31H2,1H3,(H,53,54)(H2,47,48,49)/t36-,39+,40+,41+,43-/m1/s1. The van der Waals surface area contributed by atoms with Crippen LogP contribution in [-0.4, -0.2) is 73.4 Å². The van der Waals surface area contributed by atoms with Gasteiger partial charge in [0.2, 0.25) is 5.60 Å². The predicted octanol–water partition coefficient (Wildman–Crippen LogP) is 8.57. The van der Waals surface area contributed by atoms with Gasteiger partial charge in [-0.25, -0.2) is 18.5 Å². The molecule has 0 radical (unpaired) electrons. The van der Waals surface area contributed by atoms with Crippen LogP contribution >= 0.6 is 7.82 Å². The van der Waals surface area contributed by atoms with E-state index in [1.807, 2.05) is 6.07 Å². The third-order valence-corrected chi connectivity index (χ3v) is 11.9. The van der Waals surface area contributed by atoms with E-state index in [4.69, 9.17) is 24.3 Å². The van der Waals surface area contributed by atoms with Crippen molar-refractivity contribution in [3.05, 3.63) is 59.3 Å². The van der Waals surface area contributed by atoms with Gasteiger partial charge in [0, 0.05) is 0 Å². The number of ether oxygens (including phenoxy) is 2. The summed E-state index contributed by atoms with van der Waals surface area (Å²) >= 11 is 0. The molecule has 14 nitrogen and oxygen atoms in total. The highest BCUT2D eigenvalue weighted by Crippen LogP contribution is 2.48. The SMILES string of the molecule is CCCCCCCCCCCCCCCCCCCC[C@H](COP(=O)(O)OC[C@@]1(C#N)O[C@@H](c2ccc3c(N)ncnn23)[C@H](O)[C@@H]1O)OCCc1cc(F)cc(C#N)c1. The first-order valence-corrected chi connectivity index (χ1v) is 23.0. The number of aliphatic hydroxyl groups is 2. The number of nitrogen functional groups attached to an aromatic ring is 1. The summed E-state index contributed by atoms with van der Waals surface area (Å²) < 4.78 is 50.9. The van der Waals surface area contributed by atoms with E-state index >= 15 is 0 Å². The Balaban J connectivity index is 1.20. The Kier molecular flexibility index (Phi) is 20.7. The summed E-state index contributed by atoms with van der Waals surface area (Å²) in [6, 6.07) is 10.9. The molecule has 6 atom stereocenters. The number of benzene rings is 1. The smallest absolute Gasteiger partial charge is 0.387 e. The van der Waals surface area contributed by atoms with Gasteiger partial charge >= 0.3 is 7.82 Å². The highest BCUT2D eigenvalue weighted by molar-refractivity contribution is 7.47. The number of nitriles is 2. The molecule has 4 rings (SSSR count). The Morgan fingerprint density at radius 2 is 1.54 bits per heavy atom. The van der Waals surface area contributed by atoms with Crippen molar-refractivity contribution in [3.8, 4) is 12.1 Å². The van der Waals surface area contributed by atoms with E-state index in [0.29, 0.717) is 23.9 Å². The minimum atomic E-state index is -4.84. The summed E-state index contributed by atoms with van der Waals surface area (Å²) in [5.74, 6) is -0.362. The zero-order valence-corrected chi connectivity index (χ0v) is 35.5. The Hall–Kier alpha value is -3.50. The third-order valence-electron chi connectivity index (χ3n) is 11.0. The largest absolute Gasteiger partial charge is 0.472 e. The van der Waals surface area contributed by atoms with E-state index in [-0.39, 0.29) is 30.3 Å². The van der Waals surface area contributed by atoms with Crippen LogP contribution in [0.5, 0.6) is 0 Å². The molecule has 1 saturated heterocycles. The van der Waals surface area contributed by atoms with Crippen molar-refractivity contribution in [1.29, 1.82) is 10.5 Å². The van der Waals surface area contributed by atoms with Crippen LogP contribution in [0.1, 0.15) is 152 Å². The van der Waals surface area contributed by atoms with E-state index in [0.717, 1.165) is 31.7 Å². The van der Waals surface area contributed by atoms with Crippen LogP contribution in [0.2, 0.25) is 0 Å². The summed E-state index contributed by atoms with van der Waals surface area (Å²) in [7, 11) is -4.84. The second-order valence-electron chi connectivity index (χ2n) is 15.7. The number of aliphatic hydroxyl groups excluding tert-OH is 2. The lowest BCUT2D eigenvalue weighted by molar-refractivity contribution is -0.0760. The number of aromatic nitrogens is 3. The van der Waals surface area contributed by atoms with Gasteiger partial charge < -0.3 is 30.3 Å². The molecule has 0 aliphatic carbocycles. The normalized spacial score (nSPS) is 20.7. The first kappa shape index (κ1) is 48.2. The summed E-state index contributed by atoms with van der Waals surface area (Å²) in [6.07, 6.45) is 19.2. The monoisotopic (exact) mass is 842 g/mol. The maximum absolute atomic E-state index is 14.0. The summed E-state index contributed by atoms with van der Waals surface area (Å²) in [4.78, 5) is 14.6. The molecule has 16 heteroatoms. The highest BCUT2D eigenvalue weighted by atomic mass is 31.2. The second-order valence-corrected chi connectivity index (χ2v) is 17.2. The van der Waals surface area contributed by atoms with Crippen LogP contribution in [0.3, 0.4) is 0 Å². The Morgan fingerprint density at radius 3 is 2.14 bits per heavy atom. The van der Waals surface area contributed by atoms with Gasteiger partial charge in [-0.05, 0) is 48.7 Å². The Labute approximate surface area is 348 Å². The summed E-state index contributed by atoms with van der Waals surface area (Å²) in [6.45, 7) is 1.16. The lowest BCUT2D eigenvalue weighted by Crippen LogP contribution is -2.45. The molecule has 1 aliphatic heterocycles. The average molecular weight is 843 g/mol. The van der Waals surface area contributed by atoms with Crippen LogP contribution < -0.4 is 5.73 Å². The molecular formula is C43H64FN6O8P. The minimum absolute atomic E-state index is 0.139. The zero-order chi connectivity index (χ0) is 42.5. The van der Waals surface area contributed by atoms with E-state index < -0.39 is 50.3 Å². The average Bonchev–Trinajstić information content (AvgIpc) is 3.77. The zero-order valence-electron chi connectivity index (χ0n) is 34.6. The number of unbranched alkanes of at least 4 members (excludes halogenated alkanes) is 17. The van der Waals surface area contributed by atoms with E-state index in [9.17, 15) is 34.6 Å².